The van der Waals surface area contributed by atoms with Gasteiger partial charge in [-0.15, -0.1) is 0 Å². The zero-order valence-corrected chi connectivity index (χ0v) is 16.4. The SMILES string of the molecule is O=C(/C=C/c1ccc(COc2ccc(Cl)cc2[N+](=O)[O-])o1)c1ccc(OC(F)F)cc1. The monoisotopic (exact) mass is 449 g/mol. The number of carbonyl (C=O) groups is 1. The van der Waals surface area contributed by atoms with Crippen LogP contribution in [0.2, 0.25) is 5.02 Å². The summed E-state index contributed by atoms with van der Waals surface area (Å²) in [7, 11) is 0. The van der Waals surface area contributed by atoms with Gasteiger partial charge in [0.05, 0.1) is 4.92 Å². The van der Waals surface area contributed by atoms with Crippen molar-refractivity contribution in [2.45, 2.75) is 13.2 Å². The van der Waals surface area contributed by atoms with Crippen molar-refractivity contribution < 1.29 is 32.4 Å². The Bertz CT molecular complexity index is 1110. The average molecular weight is 450 g/mol. The summed E-state index contributed by atoms with van der Waals surface area (Å²) in [6.07, 6.45) is 2.69. The lowest BCUT2D eigenvalue weighted by molar-refractivity contribution is -0.385. The van der Waals surface area contributed by atoms with Gasteiger partial charge >= 0.3 is 12.3 Å². The van der Waals surface area contributed by atoms with Crippen LogP contribution in [0.25, 0.3) is 6.08 Å². The molecule has 0 amide bonds. The van der Waals surface area contributed by atoms with Crippen molar-refractivity contribution in [3.05, 3.63) is 92.9 Å². The Balaban J connectivity index is 1.60. The molecule has 0 saturated heterocycles. The number of rotatable bonds is 9. The molecule has 0 atom stereocenters. The van der Waals surface area contributed by atoms with Crippen LogP contribution in [0.1, 0.15) is 21.9 Å². The molecule has 3 aromatic rings. The van der Waals surface area contributed by atoms with Crippen LogP contribution in [0, 0.1) is 10.1 Å². The van der Waals surface area contributed by atoms with E-state index in [0.717, 1.165) is 0 Å². The van der Waals surface area contributed by atoms with E-state index in [0.29, 0.717) is 11.5 Å². The van der Waals surface area contributed by atoms with Gasteiger partial charge in [0.1, 0.15) is 23.9 Å². The third-order valence-corrected chi connectivity index (χ3v) is 4.17. The minimum Gasteiger partial charge on any atom is -0.479 e. The van der Waals surface area contributed by atoms with Gasteiger partial charge in [-0.25, -0.2) is 0 Å². The van der Waals surface area contributed by atoms with Crippen LogP contribution in [-0.4, -0.2) is 17.3 Å². The first-order chi connectivity index (χ1) is 14.8. The largest absolute Gasteiger partial charge is 0.479 e. The molecule has 0 unspecified atom stereocenters. The first kappa shape index (κ1) is 22.0. The second kappa shape index (κ2) is 9.86. The van der Waals surface area contributed by atoms with Crippen molar-refractivity contribution in [1.29, 1.82) is 0 Å². The van der Waals surface area contributed by atoms with Crippen molar-refractivity contribution in [3.8, 4) is 11.5 Å². The molecule has 3 rings (SSSR count). The first-order valence-corrected chi connectivity index (χ1v) is 9.12. The molecule has 7 nitrogen and oxygen atoms in total. The Morgan fingerprint density at radius 1 is 1.16 bits per heavy atom. The quantitative estimate of drug-likeness (QED) is 0.174. The molecule has 1 heterocycles. The summed E-state index contributed by atoms with van der Waals surface area (Å²) in [5.74, 6) is 0.360. The smallest absolute Gasteiger partial charge is 0.387 e. The van der Waals surface area contributed by atoms with Crippen LogP contribution < -0.4 is 9.47 Å². The summed E-state index contributed by atoms with van der Waals surface area (Å²) < 4.78 is 39.5. The Morgan fingerprint density at radius 3 is 2.58 bits per heavy atom. The lowest BCUT2D eigenvalue weighted by Gasteiger charge is -2.05. The summed E-state index contributed by atoms with van der Waals surface area (Å²) in [6, 6.07) is 12.5. The maximum atomic E-state index is 12.2. The van der Waals surface area contributed by atoms with E-state index < -0.39 is 11.5 Å². The summed E-state index contributed by atoms with van der Waals surface area (Å²) in [5, 5.41) is 11.3. The maximum Gasteiger partial charge on any atom is 0.387 e. The number of ether oxygens (including phenoxy) is 2. The second-order valence-electron chi connectivity index (χ2n) is 6.06. The molecule has 0 radical (unpaired) electrons. The van der Waals surface area contributed by atoms with Gasteiger partial charge in [0.2, 0.25) is 0 Å². The topological polar surface area (TPSA) is 91.8 Å². The highest BCUT2D eigenvalue weighted by molar-refractivity contribution is 6.30. The number of benzene rings is 2. The fraction of sp³-hybridized carbons (Fsp3) is 0.0952. The number of halogens is 3. The van der Waals surface area contributed by atoms with E-state index >= 15 is 0 Å². The van der Waals surface area contributed by atoms with E-state index in [9.17, 15) is 23.7 Å². The zero-order chi connectivity index (χ0) is 22.4. The number of carbonyl (C=O) groups excluding carboxylic acids is 1. The number of allylic oxidation sites excluding steroid dienone is 1. The number of hydrogen-bond acceptors (Lipinski definition) is 6. The molecule has 0 spiro atoms. The van der Waals surface area contributed by atoms with Gasteiger partial charge in [0, 0.05) is 16.7 Å². The van der Waals surface area contributed by atoms with E-state index in [4.69, 9.17) is 20.8 Å². The van der Waals surface area contributed by atoms with Gasteiger partial charge in [-0.05, 0) is 60.7 Å². The summed E-state index contributed by atoms with van der Waals surface area (Å²) in [5.41, 5.74) is 0.0118. The van der Waals surface area contributed by atoms with Crippen molar-refractivity contribution in [2.75, 3.05) is 0 Å². The summed E-state index contributed by atoms with van der Waals surface area (Å²) >= 11 is 5.76. The number of nitro groups is 1. The van der Waals surface area contributed by atoms with Crippen LogP contribution in [0.15, 0.2) is 65.1 Å². The minimum absolute atomic E-state index is 0.0392. The van der Waals surface area contributed by atoms with Crippen molar-refractivity contribution in [3.63, 3.8) is 0 Å². The molecule has 0 saturated carbocycles. The van der Waals surface area contributed by atoms with Crippen molar-refractivity contribution >= 4 is 29.1 Å². The van der Waals surface area contributed by atoms with Gasteiger partial charge in [-0.2, -0.15) is 8.78 Å². The Morgan fingerprint density at radius 2 is 1.90 bits per heavy atom. The number of ketones is 1. The molecular formula is C21H14ClF2NO6. The van der Waals surface area contributed by atoms with E-state index in [2.05, 4.69) is 4.74 Å². The van der Waals surface area contributed by atoms with E-state index in [-0.39, 0.29) is 40.2 Å². The highest BCUT2D eigenvalue weighted by Gasteiger charge is 2.16. The standard InChI is InChI=1S/C21H14ClF2NO6/c22-14-3-10-20(18(11-14)25(27)28)29-12-17-7-6-15(30-17)8-9-19(26)13-1-4-16(5-2-13)31-21(23)24/h1-11,21H,12H2/b9-8+. The summed E-state index contributed by atoms with van der Waals surface area (Å²) in [4.78, 5) is 22.7. The predicted octanol–water partition coefficient (Wildman–Crippen LogP) is 5.92. The Hall–Kier alpha value is -3.72. The molecule has 0 aliphatic carbocycles. The molecule has 31 heavy (non-hydrogen) atoms. The minimum atomic E-state index is -2.94. The normalized spacial score (nSPS) is 11.1. The Kier molecular flexibility index (Phi) is 6.99. The van der Waals surface area contributed by atoms with Gasteiger partial charge < -0.3 is 13.9 Å². The lowest BCUT2D eigenvalue weighted by atomic mass is 10.1. The number of furan rings is 1. The van der Waals surface area contributed by atoms with Gasteiger partial charge in [0.15, 0.2) is 11.5 Å². The van der Waals surface area contributed by atoms with E-state index in [1.807, 2.05) is 0 Å². The number of alkyl halides is 2. The van der Waals surface area contributed by atoms with E-state index in [1.54, 1.807) is 12.1 Å². The summed E-state index contributed by atoms with van der Waals surface area (Å²) in [6.45, 7) is -3.01. The van der Waals surface area contributed by atoms with Crippen LogP contribution in [0.4, 0.5) is 14.5 Å². The van der Waals surface area contributed by atoms with Gasteiger partial charge in [0.25, 0.3) is 0 Å². The molecule has 2 aromatic carbocycles. The number of nitro benzene ring substituents is 1. The molecule has 10 heteroatoms. The molecule has 0 fully saturated rings. The Labute approximate surface area is 179 Å². The zero-order valence-electron chi connectivity index (χ0n) is 15.7. The van der Waals surface area contributed by atoms with E-state index in [1.165, 1.54) is 54.6 Å². The third kappa shape index (κ3) is 6.13. The fourth-order valence-electron chi connectivity index (χ4n) is 2.52. The van der Waals surface area contributed by atoms with Crippen molar-refractivity contribution in [2.24, 2.45) is 0 Å². The van der Waals surface area contributed by atoms with Crippen LogP contribution in [0.5, 0.6) is 11.5 Å². The molecular weight excluding hydrogens is 436 g/mol. The van der Waals surface area contributed by atoms with Crippen molar-refractivity contribution in [1.82, 2.24) is 0 Å². The van der Waals surface area contributed by atoms with Crippen LogP contribution >= 0.6 is 11.6 Å². The highest BCUT2D eigenvalue weighted by atomic mass is 35.5. The van der Waals surface area contributed by atoms with Gasteiger partial charge in [-0.1, -0.05) is 11.6 Å². The first-order valence-electron chi connectivity index (χ1n) is 8.74. The van der Waals surface area contributed by atoms with Gasteiger partial charge in [-0.3, -0.25) is 14.9 Å². The second-order valence-corrected chi connectivity index (χ2v) is 6.50. The molecule has 0 aliphatic rings. The average Bonchev–Trinajstić information content (AvgIpc) is 3.19. The third-order valence-electron chi connectivity index (χ3n) is 3.93. The molecule has 0 aliphatic heterocycles. The molecule has 0 N–H and O–H groups in total. The number of nitrogens with zero attached hydrogens (tertiary/aromatic N) is 1. The molecule has 1 aromatic heterocycles. The fourth-order valence-corrected chi connectivity index (χ4v) is 2.69. The van der Waals surface area contributed by atoms with Crippen LogP contribution in [-0.2, 0) is 6.61 Å². The molecule has 0 bridgehead atoms. The maximum absolute atomic E-state index is 12.2. The highest BCUT2D eigenvalue weighted by Crippen LogP contribution is 2.30. The lowest BCUT2D eigenvalue weighted by Crippen LogP contribution is -2.02. The number of hydrogen-bond donors (Lipinski definition) is 0. The van der Waals surface area contributed by atoms with Crippen LogP contribution in [0.3, 0.4) is 0 Å². The molecule has 160 valence electrons. The predicted molar refractivity (Wildman–Crippen MR) is 108 cm³/mol.